The number of rotatable bonds is 7. The third-order valence-electron chi connectivity index (χ3n) is 4.83. The highest BCUT2D eigenvalue weighted by Crippen LogP contribution is 2.12. The second-order valence-electron chi connectivity index (χ2n) is 6.78. The van der Waals surface area contributed by atoms with Gasteiger partial charge in [0.05, 0.1) is 13.0 Å². The number of benzene rings is 1. The summed E-state index contributed by atoms with van der Waals surface area (Å²) in [5, 5.41) is 2.71. The van der Waals surface area contributed by atoms with Gasteiger partial charge in [0.15, 0.2) is 0 Å². The van der Waals surface area contributed by atoms with Gasteiger partial charge < -0.3 is 15.1 Å². The number of carbonyl (C=O) groups excluding carboxylic acids is 3. The van der Waals surface area contributed by atoms with Gasteiger partial charge in [-0.1, -0.05) is 12.1 Å². The number of likely N-dealkylation sites (N-methyl/N-ethyl adjacent to an activating group) is 1. The van der Waals surface area contributed by atoms with Crippen molar-refractivity contribution >= 4 is 23.4 Å². The van der Waals surface area contributed by atoms with E-state index in [1.807, 2.05) is 35.8 Å². The molecule has 1 aliphatic heterocycles. The van der Waals surface area contributed by atoms with E-state index >= 15 is 0 Å². The fraction of sp³-hybridized carbons (Fsp3) is 0.550. The zero-order valence-corrected chi connectivity index (χ0v) is 16.5. The molecular weight excluding hydrogens is 344 g/mol. The molecule has 1 heterocycles. The molecule has 0 unspecified atom stereocenters. The summed E-state index contributed by atoms with van der Waals surface area (Å²) in [7, 11) is 0. The monoisotopic (exact) mass is 374 g/mol. The van der Waals surface area contributed by atoms with E-state index in [1.165, 1.54) is 6.92 Å². The molecular formula is C20H30N4O3. The maximum absolute atomic E-state index is 12.5. The Bertz CT molecular complexity index is 648. The first-order valence-corrected chi connectivity index (χ1v) is 9.57. The van der Waals surface area contributed by atoms with E-state index in [1.54, 1.807) is 12.1 Å². The number of piperazine rings is 1. The van der Waals surface area contributed by atoms with Crippen LogP contribution in [0.3, 0.4) is 0 Å². The fourth-order valence-electron chi connectivity index (χ4n) is 3.22. The summed E-state index contributed by atoms with van der Waals surface area (Å²) in [5.41, 5.74) is 1.65. The zero-order chi connectivity index (χ0) is 19.8. The van der Waals surface area contributed by atoms with Gasteiger partial charge in [0.2, 0.25) is 17.7 Å². The van der Waals surface area contributed by atoms with Crippen molar-refractivity contribution in [2.45, 2.75) is 27.2 Å². The second kappa shape index (κ2) is 10.1. The molecule has 148 valence electrons. The van der Waals surface area contributed by atoms with E-state index in [-0.39, 0.29) is 17.7 Å². The molecule has 3 amide bonds. The molecule has 27 heavy (non-hydrogen) atoms. The van der Waals surface area contributed by atoms with Gasteiger partial charge in [0, 0.05) is 51.9 Å². The van der Waals surface area contributed by atoms with Crippen LogP contribution in [0.5, 0.6) is 0 Å². The summed E-state index contributed by atoms with van der Waals surface area (Å²) in [6, 6.07) is 7.34. The molecule has 0 saturated carbocycles. The SMILES string of the molecule is CCN(CC)C(=O)CN1CCN(C(=O)Cc2ccc(NC(C)=O)cc2)CC1. The average molecular weight is 374 g/mol. The number of nitrogens with zero attached hydrogens (tertiary/aromatic N) is 3. The lowest BCUT2D eigenvalue weighted by Gasteiger charge is -2.35. The Morgan fingerprint density at radius 1 is 1.00 bits per heavy atom. The highest BCUT2D eigenvalue weighted by atomic mass is 16.2. The van der Waals surface area contributed by atoms with Crippen LogP contribution in [0.2, 0.25) is 0 Å². The first-order valence-electron chi connectivity index (χ1n) is 9.57. The molecule has 1 saturated heterocycles. The molecule has 1 aliphatic rings. The van der Waals surface area contributed by atoms with Crippen molar-refractivity contribution in [1.82, 2.24) is 14.7 Å². The Kier molecular flexibility index (Phi) is 7.79. The van der Waals surface area contributed by atoms with Crippen LogP contribution in [-0.2, 0) is 20.8 Å². The molecule has 0 spiro atoms. The lowest BCUT2D eigenvalue weighted by atomic mass is 10.1. The normalized spacial score (nSPS) is 14.7. The Hall–Kier alpha value is -2.41. The van der Waals surface area contributed by atoms with Crippen molar-refractivity contribution < 1.29 is 14.4 Å². The lowest BCUT2D eigenvalue weighted by molar-refractivity contribution is -0.134. The summed E-state index contributed by atoms with van der Waals surface area (Å²) < 4.78 is 0. The van der Waals surface area contributed by atoms with Gasteiger partial charge in [-0.3, -0.25) is 19.3 Å². The van der Waals surface area contributed by atoms with Gasteiger partial charge in [-0.05, 0) is 31.5 Å². The highest BCUT2D eigenvalue weighted by Gasteiger charge is 2.23. The molecule has 0 aliphatic carbocycles. The summed E-state index contributed by atoms with van der Waals surface area (Å²) in [6.07, 6.45) is 0.346. The number of nitrogens with one attached hydrogen (secondary N) is 1. The maximum atomic E-state index is 12.5. The molecule has 7 nitrogen and oxygen atoms in total. The summed E-state index contributed by atoms with van der Waals surface area (Å²) in [6.45, 7) is 10.1. The van der Waals surface area contributed by atoms with Gasteiger partial charge in [-0.25, -0.2) is 0 Å². The van der Waals surface area contributed by atoms with Crippen molar-refractivity contribution in [1.29, 1.82) is 0 Å². The Morgan fingerprint density at radius 2 is 1.59 bits per heavy atom. The molecule has 1 aromatic rings. The quantitative estimate of drug-likeness (QED) is 0.778. The van der Waals surface area contributed by atoms with Gasteiger partial charge in [0.1, 0.15) is 0 Å². The minimum atomic E-state index is -0.115. The number of anilines is 1. The molecule has 1 aromatic carbocycles. The number of hydrogen-bond acceptors (Lipinski definition) is 4. The minimum Gasteiger partial charge on any atom is -0.342 e. The zero-order valence-electron chi connectivity index (χ0n) is 16.5. The van der Waals surface area contributed by atoms with Gasteiger partial charge >= 0.3 is 0 Å². The first kappa shape index (κ1) is 20.9. The number of hydrogen-bond donors (Lipinski definition) is 1. The van der Waals surface area contributed by atoms with E-state index in [0.717, 1.165) is 37.4 Å². The van der Waals surface area contributed by atoms with E-state index in [9.17, 15) is 14.4 Å². The van der Waals surface area contributed by atoms with Crippen LogP contribution in [0.25, 0.3) is 0 Å². The Balaban J connectivity index is 1.79. The predicted molar refractivity (Wildman–Crippen MR) is 105 cm³/mol. The second-order valence-corrected chi connectivity index (χ2v) is 6.78. The van der Waals surface area contributed by atoms with E-state index in [0.29, 0.717) is 26.1 Å². The van der Waals surface area contributed by atoms with Crippen LogP contribution in [0, 0.1) is 0 Å². The van der Waals surface area contributed by atoms with Crippen LogP contribution in [0.4, 0.5) is 5.69 Å². The smallest absolute Gasteiger partial charge is 0.236 e. The molecule has 1 fully saturated rings. The average Bonchev–Trinajstić information content (AvgIpc) is 2.64. The number of carbonyl (C=O) groups is 3. The third-order valence-corrected chi connectivity index (χ3v) is 4.83. The molecule has 1 N–H and O–H groups in total. The van der Waals surface area contributed by atoms with Gasteiger partial charge in [-0.2, -0.15) is 0 Å². The lowest BCUT2D eigenvalue weighted by Crippen LogP contribution is -2.51. The minimum absolute atomic E-state index is 0.0944. The Labute approximate surface area is 161 Å². The van der Waals surface area contributed by atoms with Crippen molar-refractivity contribution in [3.05, 3.63) is 29.8 Å². The molecule has 7 heteroatoms. The van der Waals surface area contributed by atoms with Gasteiger partial charge in [0.25, 0.3) is 0 Å². The van der Waals surface area contributed by atoms with Crippen molar-refractivity contribution in [2.75, 3.05) is 51.1 Å². The van der Waals surface area contributed by atoms with Crippen LogP contribution in [0.1, 0.15) is 26.3 Å². The van der Waals surface area contributed by atoms with E-state index in [4.69, 9.17) is 0 Å². The van der Waals surface area contributed by atoms with Crippen molar-refractivity contribution in [2.24, 2.45) is 0 Å². The largest absolute Gasteiger partial charge is 0.342 e. The molecule has 0 radical (unpaired) electrons. The first-order chi connectivity index (χ1) is 12.9. The standard InChI is InChI=1S/C20H30N4O3/c1-4-23(5-2)20(27)15-22-10-12-24(13-11-22)19(26)14-17-6-8-18(9-7-17)21-16(3)25/h6-9H,4-5,10-15H2,1-3H3,(H,21,25). The summed E-state index contributed by atoms with van der Waals surface area (Å²) in [5.74, 6) is 0.132. The Morgan fingerprint density at radius 3 is 2.11 bits per heavy atom. The topological polar surface area (TPSA) is 73.0 Å². The summed E-state index contributed by atoms with van der Waals surface area (Å²) >= 11 is 0. The van der Waals surface area contributed by atoms with Gasteiger partial charge in [-0.15, -0.1) is 0 Å². The molecule has 2 rings (SSSR count). The van der Waals surface area contributed by atoms with Crippen molar-refractivity contribution in [3.8, 4) is 0 Å². The van der Waals surface area contributed by atoms with E-state index < -0.39 is 0 Å². The van der Waals surface area contributed by atoms with Crippen LogP contribution in [-0.4, -0.2) is 78.2 Å². The third kappa shape index (κ3) is 6.36. The fourth-order valence-corrected chi connectivity index (χ4v) is 3.22. The molecule has 0 atom stereocenters. The van der Waals surface area contributed by atoms with Crippen LogP contribution in [0.15, 0.2) is 24.3 Å². The molecule has 0 aromatic heterocycles. The maximum Gasteiger partial charge on any atom is 0.236 e. The van der Waals surface area contributed by atoms with Crippen LogP contribution < -0.4 is 5.32 Å². The van der Waals surface area contributed by atoms with Crippen molar-refractivity contribution in [3.63, 3.8) is 0 Å². The predicted octanol–water partition coefficient (Wildman–Crippen LogP) is 1.20. The van der Waals surface area contributed by atoms with E-state index in [2.05, 4.69) is 10.2 Å². The highest BCUT2D eigenvalue weighted by molar-refractivity contribution is 5.88. The molecule has 0 bridgehead atoms. The number of amides is 3. The summed E-state index contributed by atoms with van der Waals surface area (Å²) in [4.78, 5) is 41.6. The van der Waals surface area contributed by atoms with Crippen LogP contribution >= 0.6 is 0 Å².